The van der Waals surface area contributed by atoms with Gasteiger partial charge >= 0.3 is 0 Å². The maximum absolute atomic E-state index is 6.51. The maximum atomic E-state index is 6.51. The van der Waals surface area contributed by atoms with Crippen LogP contribution in [0, 0.1) is 0 Å². The van der Waals surface area contributed by atoms with Gasteiger partial charge in [-0.1, -0.05) is 72.8 Å². The summed E-state index contributed by atoms with van der Waals surface area (Å²) < 4.78 is 19.3. The molecule has 2 heterocycles. The van der Waals surface area contributed by atoms with Crippen molar-refractivity contribution >= 4 is 56.1 Å². The number of nitrogens with zero attached hydrogens (tertiary/aromatic N) is 2. The first-order valence-corrected chi connectivity index (χ1v) is 15.6. The van der Waals surface area contributed by atoms with Crippen LogP contribution in [0.15, 0.2) is 174 Å². The third-order valence-electron chi connectivity index (χ3n) is 8.47. The van der Waals surface area contributed by atoms with Crippen molar-refractivity contribution in [2.75, 3.05) is 9.80 Å². The van der Waals surface area contributed by atoms with Gasteiger partial charge in [0.05, 0.1) is 11.4 Å². The second-order valence-electron chi connectivity index (χ2n) is 11.4. The first-order chi connectivity index (χ1) is 23.3. The molecule has 0 fully saturated rings. The second kappa shape index (κ2) is 11.2. The van der Waals surface area contributed by atoms with Gasteiger partial charge in [0, 0.05) is 51.7 Å². The van der Waals surface area contributed by atoms with Gasteiger partial charge in [0.25, 0.3) is 0 Å². The molecule has 0 unspecified atom stereocenters. The van der Waals surface area contributed by atoms with Crippen LogP contribution in [0.2, 0.25) is 0 Å². The van der Waals surface area contributed by atoms with Gasteiger partial charge in [-0.15, -0.1) is 0 Å². The Bertz CT molecular complexity index is 2330. The van der Waals surface area contributed by atoms with Crippen molar-refractivity contribution in [3.05, 3.63) is 170 Å². The van der Waals surface area contributed by atoms with E-state index in [1.165, 1.54) is 0 Å². The Labute approximate surface area is 272 Å². The molecule has 0 saturated heterocycles. The molecule has 1 aliphatic heterocycles. The molecule has 0 atom stereocenters. The molecular formula is C42H28N2O3. The van der Waals surface area contributed by atoms with Gasteiger partial charge in [-0.3, -0.25) is 0 Å². The lowest BCUT2D eigenvalue weighted by atomic mass is 10.1. The van der Waals surface area contributed by atoms with Crippen molar-refractivity contribution in [1.82, 2.24) is 0 Å². The van der Waals surface area contributed by atoms with Crippen molar-refractivity contribution < 1.29 is 13.9 Å². The number of benzene rings is 7. The van der Waals surface area contributed by atoms with Crippen LogP contribution in [0.1, 0.15) is 0 Å². The zero-order chi connectivity index (χ0) is 31.2. The van der Waals surface area contributed by atoms with E-state index in [-0.39, 0.29) is 0 Å². The normalized spacial score (nSPS) is 11.7. The molecule has 8 aromatic rings. The molecule has 0 aliphatic carbocycles. The van der Waals surface area contributed by atoms with Crippen LogP contribution in [-0.2, 0) is 0 Å². The summed E-state index contributed by atoms with van der Waals surface area (Å²) in [5.74, 6) is 2.63. The molecule has 0 N–H and O–H groups in total. The molecule has 1 aromatic heterocycles. The molecular weight excluding hydrogens is 580 g/mol. The van der Waals surface area contributed by atoms with Crippen LogP contribution in [-0.4, -0.2) is 0 Å². The predicted octanol–water partition coefficient (Wildman–Crippen LogP) is 12.4. The first-order valence-electron chi connectivity index (χ1n) is 15.6. The number of fused-ring (bicyclic) bond motifs is 5. The van der Waals surface area contributed by atoms with Gasteiger partial charge in [0.15, 0.2) is 23.0 Å². The van der Waals surface area contributed by atoms with Gasteiger partial charge in [-0.05, 0) is 78.9 Å². The van der Waals surface area contributed by atoms with Gasteiger partial charge < -0.3 is 23.7 Å². The topological polar surface area (TPSA) is 38.1 Å². The van der Waals surface area contributed by atoms with Crippen molar-refractivity contribution in [2.24, 2.45) is 0 Å². The molecule has 0 bridgehead atoms. The predicted molar refractivity (Wildman–Crippen MR) is 190 cm³/mol. The van der Waals surface area contributed by atoms with Crippen molar-refractivity contribution in [3.63, 3.8) is 0 Å². The first kappa shape index (κ1) is 26.9. The van der Waals surface area contributed by atoms with E-state index >= 15 is 0 Å². The lowest BCUT2D eigenvalue weighted by molar-refractivity contribution is 0.360. The molecule has 0 amide bonds. The highest BCUT2D eigenvalue weighted by Gasteiger charge is 2.24. The largest absolute Gasteiger partial charge is 0.456 e. The molecule has 7 aromatic carbocycles. The van der Waals surface area contributed by atoms with Crippen molar-refractivity contribution in [1.29, 1.82) is 0 Å². The Hall–Kier alpha value is -6.46. The molecule has 5 heteroatoms. The maximum Gasteiger partial charge on any atom is 0.172 e. The second-order valence-corrected chi connectivity index (χ2v) is 11.4. The summed E-state index contributed by atoms with van der Waals surface area (Å²) in [6, 6.07) is 57.6. The molecule has 1 aliphatic rings. The van der Waals surface area contributed by atoms with E-state index in [0.717, 1.165) is 56.1 Å². The van der Waals surface area contributed by atoms with E-state index < -0.39 is 0 Å². The van der Waals surface area contributed by atoms with Gasteiger partial charge in [-0.25, -0.2) is 0 Å². The fraction of sp³-hybridized carbons (Fsp3) is 0. The Balaban J connectivity index is 1.08. The third-order valence-corrected chi connectivity index (χ3v) is 8.47. The quantitative estimate of drug-likeness (QED) is 0.188. The number of furan rings is 1. The van der Waals surface area contributed by atoms with E-state index in [9.17, 15) is 0 Å². The Morgan fingerprint density at radius 1 is 0.298 bits per heavy atom. The van der Waals surface area contributed by atoms with Crippen LogP contribution >= 0.6 is 0 Å². The summed E-state index contributed by atoms with van der Waals surface area (Å²) in [6.45, 7) is 0. The molecule has 47 heavy (non-hydrogen) atoms. The van der Waals surface area contributed by atoms with E-state index in [1.54, 1.807) is 0 Å². The fourth-order valence-corrected chi connectivity index (χ4v) is 6.32. The van der Waals surface area contributed by atoms with E-state index in [4.69, 9.17) is 13.9 Å². The average Bonchev–Trinajstić information content (AvgIpc) is 3.50. The molecule has 0 radical (unpaired) electrons. The summed E-state index contributed by atoms with van der Waals surface area (Å²) in [5.41, 5.74) is 7.74. The van der Waals surface area contributed by atoms with Gasteiger partial charge in [0.2, 0.25) is 0 Å². The van der Waals surface area contributed by atoms with Crippen LogP contribution in [0.4, 0.5) is 34.1 Å². The lowest BCUT2D eigenvalue weighted by Gasteiger charge is -2.29. The Kier molecular flexibility index (Phi) is 6.39. The number of para-hydroxylation sites is 4. The average molecular weight is 609 g/mol. The zero-order valence-corrected chi connectivity index (χ0v) is 25.3. The number of hydrogen-bond donors (Lipinski definition) is 0. The number of hydrogen-bond acceptors (Lipinski definition) is 5. The molecule has 5 nitrogen and oxygen atoms in total. The smallest absolute Gasteiger partial charge is 0.172 e. The molecule has 0 spiro atoms. The summed E-state index contributed by atoms with van der Waals surface area (Å²) in [4.78, 5) is 4.41. The highest BCUT2D eigenvalue weighted by atomic mass is 16.6. The van der Waals surface area contributed by atoms with E-state index in [1.807, 2.05) is 97.1 Å². The van der Waals surface area contributed by atoms with Crippen LogP contribution in [0.25, 0.3) is 21.9 Å². The standard InChI is InChI=1S/C42H28N2O3/c1-4-12-29(13-5-1)43(30-14-6-2-7-15-30)33-21-24-38-41(27-33)46-39-25-22-34(28-42(39)47-38)44(31-16-8-3-9-17-31)32-20-23-36-35-18-10-11-19-37(35)45-40(36)26-32/h1-28H. The fourth-order valence-electron chi connectivity index (χ4n) is 6.32. The number of ether oxygens (including phenoxy) is 2. The molecule has 9 rings (SSSR count). The number of rotatable bonds is 6. The van der Waals surface area contributed by atoms with E-state index in [2.05, 4.69) is 82.6 Å². The Morgan fingerprint density at radius 2 is 0.723 bits per heavy atom. The molecule has 224 valence electrons. The lowest BCUT2D eigenvalue weighted by Crippen LogP contribution is -2.11. The molecule has 0 saturated carbocycles. The Morgan fingerprint density at radius 3 is 1.28 bits per heavy atom. The number of anilines is 6. The summed E-state index contributed by atoms with van der Waals surface area (Å²) in [6.07, 6.45) is 0. The minimum atomic E-state index is 0.650. The van der Waals surface area contributed by atoms with Gasteiger partial charge in [0.1, 0.15) is 11.2 Å². The highest BCUT2D eigenvalue weighted by molar-refractivity contribution is 6.06. The van der Waals surface area contributed by atoms with Crippen LogP contribution < -0.4 is 19.3 Å². The monoisotopic (exact) mass is 608 g/mol. The van der Waals surface area contributed by atoms with Gasteiger partial charge in [-0.2, -0.15) is 0 Å². The highest BCUT2D eigenvalue weighted by Crippen LogP contribution is 2.50. The van der Waals surface area contributed by atoms with Crippen molar-refractivity contribution in [2.45, 2.75) is 0 Å². The SMILES string of the molecule is c1ccc(N(c2ccccc2)c2ccc3c(c2)Oc2ccc(N(c4ccccc4)c4ccc5c(c4)oc4ccccc45)cc2O3)cc1. The van der Waals surface area contributed by atoms with Crippen LogP contribution in [0.5, 0.6) is 23.0 Å². The minimum Gasteiger partial charge on any atom is -0.456 e. The van der Waals surface area contributed by atoms with Crippen molar-refractivity contribution in [3.8, 4) is 23.0 Å². The zero-order valence-electron chi connectivity index (χ0n) is 25.3. The summed E-state index contributed by atoms with van der Waals surface area (Å²) >= 11 is 0. The van der Waals surface area contributed by atoms with Crippen LogP contribution in [0.3, 0.4) is 0 Å². The summed E-state index contributed by atoms with van der Waals surface area (Å²) in [7, 11) is 0. The summed E-state index contributed by atoms with van der Waals surface area (Å²) in [5, 5.41) is 2.20. The van der Waals surface area contributed by atoms with E-state index in [0.29, 0.717) is 23.0 Å². The minimum absolute atomic E-state index is 0.650. The third kappa shape index (κ3) is 4.82.